The van der Waals surface area contributed by atoms with Crippen LogP contribution in [0.25, 0.3) is 0 Å². The van der Waals surface area contributed by atoms with Crippen LogP contribution in [0, 0.1) is 16.0 Å². The van der Waals surface area contributed by atoms with Crippen molar-refractivity contribution in [3.8, 4) is 0 Å². The normalized spacial score (nSPS) is 12.2. The van der Waals surface area contributed by atoms with Gasteiger partial charge in [-0.3, -0.25) is 10.1 Å². The summed E-state index contributed by atoms with van der Waals surface area (Å²) >= 11 is 0. The average Bonchev–Trinajstić information content (AvgIpc) is 2.36. The van der Waals surface area contributed by atoms with E-state index in [1.807, 2.05) is 13.0 Å². The van der Waals surface area contributed by atoms with Crippen LogP contribution in [0.15, 0.2) is 18.2 Å². The van der Waals surface area contributed by atoms with Gasteiger partial charge in [-0.1, -0.05) is 19.9 Å². The van der Waals surface area contributed by atoms with Crippen LogP contribution in [0.4, 0.5) is 11.4 Å². The number of nitro benzene ring substituents is 1. The second kappa shape index (κ2) is 6.96. The molecule has 0 aromatic heterocycles. The lowest BCUT2D eigenvalue weighted by Gasteiger charge is -2.13. The zero-order valence-electron chi connectivity index (χ0n) is 11.1. The Bertz CT molecular complexity index is 407. The van der Waals surface area contributed by atoms with Crippen LogP contribution in [-0.2, 0) is 11.2 Å². The molecule has 0 aliphatic carbocycles. The number of hydrogen-bond acceptors (Lipinski definition) is 4. The molecule has 0 saturated carbocycles. The van der Waals surface area contributed by atoms with Gasteiger partial charge in [-0.15, -0.1) is 0 Å². The largest absolute Gasteiger partial charge is 0.384 e. The van der Waals surface area contributed by atoms with E-state index >= 15 is 0 Å². The van der Waals surface area contributed by atoms with Crippen molar-refractivity contribution in [2.45, 2.75) is 20.3 Å². The molecule has 0 amide bonds. The van der Waals surface area contributed by atoms with Gasteiger partial charge in [-0.05, 0) is 18.4 Å². The maximum atomic E-state index is 10.9. The number of benzene rings is 1. The summed E-state index contributed by atoms with van der Waals surface area (Å²) < 4.78 is 5.04. The van der Waals surface area contributed by atoms with Crippen molar-refractivity contribution >= 4 is 11.4 Å². The zero-order chi connectivity index (χ0) is 13.5. The van der Waals surface area contributed by atoms with Gasteiger partial charge in [-0.25, -0.2) is 0 Å². The highest BCUT2D eigenvalue weighted by molar-refractivity contribution is 5.55. The van der Waals surface area contributed by atoms with Crippen LogP contribution < -0.4 is 5.32 Å². The number of methoxy groups -OCH3 is 1. The predicted molar refractivity (Wildman–Crippen MR) is 72.0 cm³/mol. The Hall–Kier alpha value is -1.62. The molecule has 1 aromatic rings. The molecule has 18 heavy (non-hydrogen) atoms. The van der Waals surface area contributed by atoms with Gasteiger partial charge >= 0.3 is 0 Å². The predicted octanol–water partition coefficient (Wildman–Crippen LogP) is 2.85. The summed E-state index contributed by atoms with van der Waals surface area (Å²) in [7, 11) is 1.66. The Morgan fingerprint density at radius 3 is 2.78 bits per heavy atom. The van der Waals surface area contributed by atoms with Gasteiger partial charge in [0.15, 0.2) is 0 Å². The molecule has 0 aliphatic rings. The summed E-state index contributed by atoms with van der Waals surface area (Å²) in [5.74, 6) is 0.361. The van der Waals surface area contributed by atoms with Crippen molar-refractivity contribution in [2.75, 3.05) is 25.6 Å². The first-order valence-electron chi connectivity index (χ1n) is 6.08. The number of nitrogens with one attached hydrogen (secondary N) is 1. The zero-order valence-corrected chi connectivity index (χ0v) is 11.1. The van der Waals surface area contributed by atoms with Crippen molar-refractivity contribution in [3.63, 3.8) is 0 Å². The van der Waals surface area contributed by atoms with Crippen molar-refractivity contribution in [3.05, 3.63) is 33.9 Å². The van der Waals surface area contributed by atoms with E-state index in [-0.39, 0.29) is 10.6 Å². The molecule has 0 radical (unpaired) electrons. The highest BCUT2D eigenvalue weighted by atomic mass is 16.6. The molecule has 1 atom stereocenters. The first kappa shape index (κ1) is 14.4. The van der Waals surface area contributed by atoms with Crippen molar-refractivity contribution in [2.24, 2.45) is 5.92 Å². The lowest BCUT2D eigenvalue weighted by molar-refractivity contribution is -0.385. The van der Waals surface area contributed by atoms with Gasteiger partial charge in [0, 0.05) is 31.0 Å². The molecular formula is C13H20N2O3. The Morgan fingerprint density at radius 2 is 2.22 bits per heavy atom. The molecule has 1 unspecified atom stereocenters. The van der Waals surface area contributed by atoms with E-state index in [0.717, 1.165) is 17.8 Å². The standard InChI is InChI=1S/C13H20N2O3/c1-4-11-5-6-12(7-13(11)15(16)17)14-8-10(2)9-18-3/h5-7,10,14H,4,8-9H2,1-3H3. The first-order chi connectivity index (χ1) is 8.58. The van der Waals surface area contributed by atoms with Crippen LogP contribution in [0.3, 0.4) is 0 Å². The Kier molecular flexibility index (Phi) is 5.58. The highest BCUT2D eigenvalue weighted by Crippen LogP contribution is 2.23. The minimum absolute atomic E-state index is 0.182. The monoisotopic (exact) mass is 252 g/mol. The molecule has 1 rings (SSSR count). The lowest BCUT2D eigenvalue weighted by atomic mass is 10.1. The fourth-order valence-electron chi connectivity index (χ4n) is 1.78. The summed E-state index contributed by atoms with van der Waals surface area (Å²) in [6.45, 7) is 5.38. The smallest absolute Gasteiger partial charge is 0.274 e. The van der Waals surface area contributed by atoms with Crippen LogP contribution in [0.1, 0.15) is 19.4 Å². The van der Waals surface area contributed by atoms with Gasteiger partial charge in [-0.2, -0.15) is 0 Å². The van der Waals surface area contributed by atoms with E-state index in [1.54, 1.807) is 19.2 Å². The van der Waals surface area contributed by atoms with Gasteiger partial charge in [0.05, 0.1) is 11.5 Å². The number of ether oxygens (including phenoxy) is 1. The van der Waals surface area contributed by atoms with Gasteiger partial charge in [0.25, 0.3) is 5.69 Å². The number of nitro groups is 1. The van der Waals surface area contributed by atoms with E-state index in [2.05, 4.69) is 12.2 Å². The molecular weight excluding hydrogens is 232 g/mol. The maximum absolute atomic E-state index is 10.9. The summed E-state index contributed by atoms with van der Waals surface area (Å²) in [4.78, 5) is 10.6. The van der Waals surface area contributed by atoms with Crippen molar-refractivity contribution in [1.82, 2.24) is 0 Å². The fourth-order valence-corrected chi connectivity index (χ4v) is 1.78. The molecule has 5 nitrogen and oxygen atoms in total. The Morgan fingerprint density at radius 1 is 1.50 bits per heavy atom. The van der Waals surface area contributed by atoms with Gasteiger partial charge in [0.2, 0.25) is 0 Å². The molecule has 1 N–H and O–H groups in total. The molecule has 0 bridgehead atoms. The van der Waals surface area contributed by atoms with E-state index in [4.69, 9.17) is 4.74 Å². The third-order valence-corrected chi connectivity index (χ3v) is 2.77. The first-order valence-corrected chi connectivity index (χ1v) is 6.08. The van der Waals surface area contributed by atoms with Crippen LogP contribution >= 0.6 is 0 Å². The maximum Gasteiger partial charge on any atom is 0.274 e. The molecule has 0 heterocycles. The summed E-state index contributed by atoms with van der Waals surface area (Å²) in [5.41, 5.74) is 1.72. The van der Waals surface area contributed by atoms with E-state index in [0.29, 0.717) is 18.9 Å². The minimum atomic E-state index is -0.331. The average molecular weight is 252 g/mol. The second-order valence-electron chi connectivity index (χ2n) is 4.40. The number of nitrogens with zero attached hydrogens (tertiary/aromatic N) is 1. The SMILES string of the molecule is CCc1ccc(NCC(C)COC)cc1[N+](=O)[O-]. The van der Waals surface area contributed by atoms with E-state index in [9.17, 15) is 10.1 Å². The quantitative estimate of drug-likeness (QED) is 0.598. The topological polar surface area (TPSA) is 64.4 Å². The number of aryl methyl sites for hydroxylation is 1. The number of rotatable bonds is 7. The third-order valence-electron chi connectivity index (χ3n) is 2.77. The van der Waals surface area contributed by atoms with E-state index < -0.39 is 0 Å². The summed E-state index contributed by atoms with van der Waals surface area (Å²) in [6, 6.07) is 5.28. The molecule has 0 fully saturated rings. The van der Waals surface area contributed by atoms with Crippen molar-refractivity contribution < 1.29 is 9.66 Å². The molecule has 5 heteroatoms. The molecule has 0 spiro atoms. The Balaban J connectivity index is 2.73. The third kappa shape index (κ3) is 4.00. The van der Waals surface area contributed by atoms with E-state index in [1.165, 1.54) is 0 Å². The minimum Gasteiger partial charge on any atom is -0.384 e. The highest BCUT2D eigenvalue weighted by Gasteiger charge is 2.13. The Labute approximate surface area is 107 Å². The lowest BCUT2D eigenvalue weighted by Crippen LogP contribution is -2.15. The van der Waals surface area contributed by atoms with Crippen LogP contribution in [-0.4, -0.2) is 25.2 Å². The van der Waals surface area contributed by atoms with Gasteiger partial charge < -0.3 is 10.1 Å². The molecule has 0 saturated heterocycles. The molecule has 1 aromatic carbocycles. The summed E-state index contributed by atoms with van der Waals surface area (Å²) in [6.07, 6.45) is 0.663. The van der Waals surface area contributed by atoms with Crippen LogP contribution in [0.2, 0.25) is 0 Å². The van der Waals surface area contributed by atoms with Gasteiger partial charge in [0.1, 0.15) is 0 Å². The molecule has 0 aliphatic heterocycles. The molecule has 100 valence electrons. The fraction of sp³-hybridized carbons (Fsp3) is 0.538. The van der Waals surface area contributed by atoms with Crippen molar-refractivity contribution in [1.29, 1.82) is 0 Å². The summed E-state index contributed by atoms with van der Waals surface area (Å²) in [5, 5.41) is 14.1. The van der Waals surface area contributed by atoms with Crippen LogP contribution in [0.5, 0.6) is 0 Å². The number of hydrogen-bond donors (Lipinski definition) is 1. The second-order valence-corrected chi connectivity index (χ2v) is 4.40. The number of anilines is 1.